The largest absolute Gasteiger partial charge is 0.378 e. The van der Waals surface area contributed by atoms with Gasteiger partial charge in [0.15, 0.2) is 5.82 Å². The first-order valence-corrected chi connectivity index (χ1v) is 7.03. The van der Waals surface area contributed by atoms with Crippen molar-refractivity contribution >= 4 is 11.5 Å². The van der Waals surface area contributed by atoms with Crippen molar-refractivity contribution in [1.82, 2.24) is 19.7 Å². The number of hydrogen-bond acceptors (Lipinski definition) is 8. The molecule has 0 amide bonds. The molecule has 3 heterocycles. The van der Waals surface area contributed by atoms with Gasteiger partial charge in [0.25, 0.3) is 5.56 Å². The highest BCUT2D eigenvalue weighted by Crippen LogP contribution is 2.14. The molecule has 2 aromatic heterocycles. The Labute approximate surface area is 131 Å². The van der Waals surface area contributed by atoms with Crippen LogP contribution in [0.5, 0.6) is 0 Å². The van der Waals surface area contributed by atoms with Gasteiger partial charge in [0.1, 0.15) is 17.8 Å². The van der Waals surface area contributed by atoms with Gasteiger partial charge in [0.05, 0.1) is 19.4 Å². The van der Waals surface area contributed by atoms with Crippen LogP contribution < -0.4 is 15.8 Å². The molecule has 2 aromatic rings. The molecule has 0 bridgehead atoms. The predicted octanol–water partition coefficient (Wildman–Crippen LogP) is 0.706. The van der Waals surface area contributed by atoms with Crippen molar-refractivity contribution in [2.75, 3.05) is 36.5 Å². The molecule has 10 heteroatoms. The summed E-state index contributed by atoms with van der Waals surface area (Å²) in [5, 5.41) is 8.66. The summed E-state index contributed by atoms with van der Waals surface area (Å²) in [7, 11) is 0. The second-order valence-electron chi connectivity index (χ2n) is 4.75. The average Bonchev–Trinajstić information content (AvgIpc) is 2.97. The number of nitrogens with one attached hydrogen (secondary N) is 3. The van der Waals surface area contributed by atoms with Crippen LogP contribution >= 0.6 is 0 Å². The maximum Gasteiger partial charge on any atom is 0.296 e. The lowest BCUT2D eigenvalue weighted by atomic mass is 10.4. The molecule has 0 atom stereocenters. The molecule has 0 aromatic carbocycles. The van der Waals surface area contributed by atoms with Crippen LogP contribution in [0.4, 0.5) is 11.5 Å². The minimum absolute atomic E-state index is 0.286. The van der Waals surface area contributed by atoms with E-state index in [2.05, 4.69) is 30.4 Å². The van der Waals surface area contributed by atoms with Crippen molar-refractivity contribution in [2.24, 2.45) is 5.11 Å². The van der Waals surface area contributed by atoms with Crippen LogP contribution in [0, 0.1) is 5.53 Å². The summed E-state index contributed by atoms with van der Waals surface area (Å²) in [6.07, 6.45) is 5.59. The van der Waals surface area contributed by atoms with Gasteiger partial charge in [-0.3, -0.25) is 9.89 Å². The molecule has 23 heavy (non-hydrogen) atoms. The van der Waals surface area contributed by atoms with Crippen LogP contribution in [-0.2, 0) is 4.74 Å². The average molecular weight is 316 g/mol. The van der Waals surface area contributed by atoms with Crippen LogP contribution in [-0.4, -0.2) is 46.1 Å². The van der Waals surface area contributed by atoms with Gasteiger partial charge in [0, 0.05) is 31.6 Å². The number of rotatable bonds is 5. The minimum atomic E-state index is -0.286. The fourth-order valence-electron chi connectivity index (χ4n) is 2.23. The molecule has 3 N–H and O–H groups in total. The molecule has 0 unspecified atom stereocenters. The Kier molecular flexibility index (Phi) is 4.43. The van der Waals surface area contributed by atoms with Crippen molar-refractivity contribution in [3.63, 3.8) is 0 Å². The van der Waals surface area contributed by atoms with E-state index >= 15 is 0 Å². The molecule has 1 fully saturated rings. The van der Waals surface area contributed by atoms with Crippen molar-refractivity contribution < 1.29 is 4.74 Å². The summed E-state index contributed by atoms with van der Waals surface area (Å²) in [5.41, 5.74) is 6.70. The summed E-state index contributed by atoms with van der Waals surface area (Å²) < 4.78 is 6.64. The first-order valence-electron chi connectivity index (χ1n) is 7.03. The fourth-order valence-corrected chi connectivity index (χ4v) is 2.23. The van der Waals surface area contributed by atoms with Crippen LogP contribution in [0.15, 0.2) is 40.9 Å². The van der Waals surface area contributed by atoms with E-state index in [1.165, 1.54) is 29.6 Å². The highest BCUT2D eigenvalue weighted by atomic mass is 16.5. The third kappa shape index (κ3) is 3.26. The molecule has 0 radical (unpaired) electrons. The number of aromatic nitrogens is 4. The normalized spacial score (nSPS) is 15.0. The molecule has 1 aliphatic heterocycles. The van der Waals surface area contributed by atoms with Gasteiger partial charge >= 0.3 is 0 Å². The highest BCUT2D eigenvalue weighted by Gasteiger charge is 2.15. The molecule has 0 saturated carbocycles. The van der Waals surface area contributed by atoms with Gasteiger partial charge in [-0.2, -0.15) is 9.80 Å². The van der Waals surface area contributed by atoms with Crippen LogP contribution in [0.3, 0.4) is 0 Å². The Hall–Kier alpha value is -3.01. The van der Waals surface area contributed by atoms with Crippen LogP contribution in [0.25, 0.3) is 5.82 Å². The Balaban J connectivity index is 1.85. The zero-order valence-corrected chi connectivity index (χ0v) is 12.3. The van der Waals surface area contributed by atoms with E-state index in [0.29, 0.717) is 24.7 Å². The van der Waals surface area contributed by atoms with E-state index in [-0.39, 0.29) is 5.56 Å². The first kappa shape index (κ1) is 14.9. The van der Waals surface area contributed by atoms with Crippen molar-refractivity contribution in [3.05, 3.63) is 41.3 Å². The molecule has 120 valence electrons. The zero-order valence-electron chi connectivity index (χ0n) is 12.3. The summed E-state index contributed by atoms with van der Waals surface area (Å²) in [6.45, 7) is 2.82. The number of H-pyrrole nitrogens is 1. The van der Waals surface area contributed by atoms with Crippen LogP contribution in [0.2, 0.25) is 0 Å². The number of anilines is 2. The van der Waals surface area contributed by atoms with Crippen molar-refractivity contribution in [3.8, 4) is 5.82 Å². The van der Waals surface area contributed by atoms with Crippen molar-refractivity contribution in [1.29, 1.82) is 5.53 Å². The third-order valence-electron chi connectivity index (χ3n) is 3.36. The van der Waals surface area contributed by atoms with E-state index in [9.17, 15) is 4.79 Å². The SMILES string of the molecule is N=N/C=C\Nc1c[nH]n(-c2cc(N3CCOCC3)ncn2)c1=O. The monoisotopic (exact) mass is 316 g/mol. The number of nitrogens with zero attached hydrogens (tertiary/aromatic N) is 5. The quantitative estimate of drug-likeness (QED) is 0.698. The maximum absolute atomic E-state index is 12.3. The van der Waals surface area contributed by atoms with Gasteiger partial charge in [-0.1, -0.05) is 0 Å². The van der Waals surface area contributed by atoms with Gasteiger partial charge < -0.3 is 15.0 Å². The molecule has 0 spiro atoms. The number of aromatic amines is 1. The van der Waals surface area contributed by atoms with E-state index < -0.39 is 0 Å². The minimum Gasteiger partial charge on any atom is -0.378 e. The van der Waals surface area contributed by atoms with E-state index in [1.54, 1.807) is 6.07 Å². The molecule has 10 nitrogen and oxygen atoms in total. The van der Waals surface area contributed by atoms with Crippen LogP contribution in [0.1, 0.15) is 0 Å². The van der Waals surface area contributed by atoms with Gasteiger partial charge in [0.2, 0.25) is 0 Å². The van der Waals surface area contributed by atoms with Crippen molar-refractivity contribution in [2.45, 2.75) is 0 Å². The Morgan fingerprint density at radius 2 is 2.13 bits per heavy atom. The number of ether oxygens (including phenoxy) is 1. The number of morpholine rings is 1. The number of hydrogen-bond donors (Lipinski definition) is 3. The third-order valence-corrected chi connectivity index (χ3v) is 3.36. The molecule has 1 saturated heterocycles. The summed E-state index contributed by atoms with van der Waals surface area (Å²) >= 11 is 0. The van der Waals surface area contributed by atoms with E-state index in [0.717, 1.165) is 18.9 Å². The predicted molar refractivity (Wildman–Crippen MR) is 82.9 cm³/mol. The lowest BCUT2D eigenvalue weighted by Gasteiger charge is -2.27. The lowest BCUT2D eigenvalue weighted by molar-refractivity contribution is 0.122. The molecule has 3 rings (SSSR count). The molecule has 1 aliphatic rings. The smallest absolute Gasteiger partial charge is 0.296 e. The second kappa shape index (κ2) is 6.83. The summed E-state index contributed by atoms with van der Waals surface area (Å²) in [6, 6.07) is 1.75. The first-order chi connectivity index (χ1) is 11.3. The Morgan fingerprint density at radius 1 is 1.35 bits per heavy atom. The summed E-state index contributed by atoms with van der Waals surface area (Å²) in [5.74, 6) is 1.20. The van der Waals surface area contributed by atoms with Gasteiger partial charge in [-0.05, 0) is 0 Å². The van der Waals surface area contributed by atoms with Gasteiger partial charge in [-0.15, -0.1) is 0 Å². The van der Waals surface area contributed by atoms with E-state index in [4.69, 9.17) is 10.3 Å². The fraction of sp³-hybridized carbons (Fsp3) is 0.308. The standard InChI is InChI=1S/C13H16N8O2/c14-18-2-1-15-10-8-19-21(13(10)22)12-7-11(16-9-17-12)20-3-5-23-6-4-20/h1-2,7-9,14-15,19H,3-6H2/b2-1-,18-14?. The molecular weight excluding hydrogens is 300 g/mol. The summed E-state index contributed by atoms with van der Waals surface area (Å²) in [4.78, 5) is 22.8. The molecular formula is C13H16N8O2. The highest BCUT2D eigenvalue weighted by molar-refractivity contribution is 5.47. The lowest BCUT2D eigenvalue weighted by Crippen LogP contribution is -2.36. The van der Waals surface area contributed by atoms with Gasteiger partial charge in [-0.25, -0.2) is 15.5 Å². The Bertz CT molecular complexity index is 759. The zero-order chi connectivity index (χ0) is 16.1. The maximum atomic E-state index is 12.3. The topological polar surface area (TPSA) is 124 Å². The Morgan fingerprint density at radius 3 is 2.91 bits per heavy atom. The molecule has 0 aliphatic carbocycles. The van der Waals surface area contributed by atoms with E-state index in [1.807, 2.05) is 0 Å². The second-order valence-corrected chi connectivity index (χ2v) is 4.75.